The van der Waals surface area contributed by atoms with E-state index in [1.54, 1.807) is 6.33 Å². The molecule has 0 amide bonds. The number of H-pyrrole nitrogens is 1. The van der Waals surface area contributed by atoms with Crippen molar-refractivity contribution in [2.45, 2.75) is 103 Å². The summed E-state index contributed by atoms with van der Waals surface area (Å²) < 4.78 is 8.46. The van der Waals surface area contributed by atoms with Gasteiger partial charge in [-0.15, -0.1) is 0 Å². The van der Waals surface area contributed by atoms with Crippen molar-refractivity contribution < 1.29 is 9.94 Å². The van der Waals surface area contributed by atoms with Crippen molar-refractivity contribution in [2.24, 2.45) is 5.92 Å². The average molecular weight is 547 g/mol. The molecular weight excluding hydrogens is 504 g/mol. The highest BCUT2D eigenvalue weighted by atomic mass is 16.5. The minimum Gasteiger partial charge on any atom is -0.353 e. The van der Waals surface area contributed by atoms with E-state index in [4.69, 9.17) is 9.72 Å². The molecule has 4 aromatic rings. The molecule has 0 radical (unpaired) electrons. The average Bonchev–Trinajstić information content (AvgIpc) is 3.63. The second-order valence-electron chi connectivity index (χ2n) is 12.9. The van der Waals surface area contributed by atoms with Crippen LogP contribution in [0.5, 0.6) is 0 Å². The summed E-state index contributed by atoms with van der Waals surface area (Å²) in [7, 11) is 0. The van der Waals surface area contributed by atoms with E-state index in [1.165, 1.54) is 31.2 Å². The molecule has 1 saturated heterocycles. The molecule has 3 N–H and O–H groups in total. The molecule has 2 aliphatic rings. The predicted octanol–water partition coefficient (Wildman–Crippen LogP) is 5.60. The fraction of sp³-hybridized carbons (Fsp3) is 0.600. The van der Waals surface area contributed by atoms with Crippen LogP contribution in [0, 0.1) is 5.92 Å². The number of anilines is 1. The topological polar surface area (TPSA) is 117 Å². The molecule has 1 aliphatic carbocycles. The SMILES string of the molecule is CC(C)N(CC1CCC(n2cnc3c(NO)ncnc32)O1)C1CC(CCc2nc3ccc(C(C)(C)C)cc3[nH]2)C1. The van der Waals surface area contributed by atoms with Gasteiger partial charge in [-0.25, -0.2) is 19.9 Å². The van der Waals surface area contributed by atoms with E-state index in [1.807, 2.05) is 4.57 Å². The van der Waals surface area contributed by atoms with Crippen LogP contribution in [-0.4, -0.2) is 64.3 Å². The Bertz CT molecular complexity index is 1470. The maximum atomic E-state index is 9.33. The number of fused-ring (bicyclic) bond motifs is 2. The van der Waals surface area contributed by atoms with Gasteiger partial charge in [-0.05, 0) is 75.0 Å². The van der Waals surface area contributed by atoms with Crippen LogP contribution in [0.2, 0.25) is 0 Å². The number of ether oxygens (including phenoxy) is 1. The molecule has 0 bridgehead atoms. The molecule has 214 valence electrons. The normalized spacial score (nSPS) is 23.5. The molecule has 0 spiro atoms. The van der Waals surface area contributed by atoms with E-state index >= 15 is 0 Å². The van der Waals surface area contributed by atoms with Gasteiger partial charge in [0, 0.05) is 25.0 Å². The summed E-state index contributed by atoms with van der Waals surface area (Å²) in [5.41, 5.74) is 7.00. The van der Waals surface area contributed by atoms with Crippen molar-refractivity contribution >= 4 is 28.0 Å². The molecule has 1 aliphatic heterocycles. The molecule has 2 fully saturated rings. The molecule has 1 aromatic carbocycles. The van der Waals surface area contributed by atoms with Crippen LogP contribution in [0.25, 0.3) is 22.2 Å². The van der Waals surface area contributed by atoms with Crippen molar-refractivity contribution in [1.82, 2.24) is 34.4 Å². The zero-order valence-electron chi connectivity index (χ0n) is 24.3. The first-order valence-electron chi connectivity index (χ1n) is 14.7. The highest BCUT2D eigenvalue weighted by Gasteiger charge is 2.37. The number of nitrogens with zero attached hydrogens (tertiary/aromatic N) is 6. The van der Waals surface area contributed by atoms with Crippen molar-refractivity contribution in [2.75, 3.05) is 12.0 Å². The summed E-state index contributed by atoms with van der Waals surface area (Å²) in [6, 6.07) is 7.70. The molecular formula is C30H42N8O2. The van der Waals surface area contributed by atoms with Gasteiger partial charge in [0.2, 0.25) is 0 Å². The summed E-state index contributed by atoms with van der Waals surface area (Å²) in [6.07, 6.45) is 9.80. The summed E-state index contributed by atoms with van der Waals surface area (Å²) in [5, 5.41) is 9.33. The molecule has 2 unspecified atom stereocenters. The molecule has 4 heterocycles. The Morgan fingerprint density at radius 2 is 2.00 bits per heavy atom. The molecule has 2 atom stereocenters. The highest BCUT2D eigenvalue weighted by Crippen LogP contribution is 2.38. The lowest BCUT2D eigenvalue weighted by Gasteiger charge is -2.46. The quantitative estimate of drug-likeness (QED) is 0.232. The summed E-state index contributed by atoms with van der Waals surface area (Å²) in [5.74, 6) is 2.15. The van der Waals surface area contributed by atoms with Crippen LogP contribution in [0.4, 0.5) is 5.82 Å². The number of imidazole rings is 2. The van der Waals surface area contributed by atoms with Gasteiger partial charge in [0.05, 0.1) is 23.5 Å². The van der Waals surface area contributed by atoms with Crippen molar-refractivity contribution in [3.8, 4) is 0 Å². The van der Waals surface area contributed by atoms with E-state index in [0.29, 0.717) is 29.1 Å². The number of benzene rings is 1. The standard InChI is InChI=1S/C30H42N8O2/c1-18(2)37(15-22-8-11-26(40-22)38-17-33-27-28(36-39)31-16-32-29(27)38)21-12-19(13-21)6-10-25-34-23-9-7-20(30(3,4)5)14-24(23)35-25/h7,9,14,16-19,21-22,26,39H,6,8,10-13,15H2,1-5H3,(H,34,35)(H,31,32,36). The Labute approximate surface area is 235 Å². The predicted molar refractivity (Wildman–Crippen MR) is 155 cm³/mol. The molecule has 3 aromatic heterocycles. The third kappa shape index (κ3) is 5.32. The van der Waals surface area contributed by atoms with E-state index in [0.717, 1.165) is 48.6 Å². The van der Waals surface area contributed by atoms with Crippen LogP contribution in [-0.2, 0) is 16.6 Å². The molecule has 1 saturated carbocycles. The summed E-state index contributed by atoms with van der Waals surface area (Å²) >= 11 is 0. The third-order valence-electron chi connectivity index (χ3n) is 8.80. The lowest BCUT2D eigenvalue weighted by atomic mass is 9.76. The monoisotopic (exact) mass is 546 g/mol. The fourth-order valence-electron chi connectivity index (χ4n) is 6.38. The van der Waals surface area contributed by atoms with Crippen molar-refractivity contribution in [3.63, 3.8) is 0 Å². The van der Waals surface area contributed by atoms with Gasteiger partial charge >= 0.3 is 0 Å². The van der Waals surface area contributed by atoms with E-state index in [9.17, 15) is 5.21 Å². The van der Waals surface area contributed by atoms with E-state index < -0.39 is 0 Å². The Hall–Kier alpha value is -3.08. The maximum Gasteiger partial charge on any atom is 0.181 e. The lowest BCUT2D eigenvalue weighted by Crippen LogP contribution is -2.50. The van der Waals surface area contributed by atoms with Crippen LogP contribution in [0.3, 0.4) is 0 Å². The number of rotatable bonds is 9. The molecule has 10 nitrogen and oxygen atoms in total. The van der Waals surface area contributed by atoms with Crippen LogP contribution < -0.4 is 5.48 Å². The van der Waals surface area contributed by atoms with Gasteiger partial charge in [0.25, 0.3) is 0 Å². The van der Waals surface area contributed by atoms with E-state index in [-0.39, 0.29) is 17.7 Å². The molecule has 6 rings (SSSR count). The fourth-order valence-corrected chi connectivity index (χ4v) is 6.38. The second-order valence-corrected chi connectivity index (χ2v) is 12.9. The Morgan fingerprint density at radius 3 is 2.75 bits per heavy atom. The summed E-state index contributed by atoms with van der Waals surface area (Å²) in [4.78, 5) is 23.9. The smallest absolute Gasteiger partial charge is 0.181 e. The largest absolute Gasteiger partial charge is 0.353 e. The number of aromatic amines is 1. The first kappa shape index (κ1) is 27.1. The zero-order chi connectivity index (χ0) is 28.0. The van der Waals surface area contributed by atoms with Crippen molar-refractivity contribution in [3.05, 3.63) is 42.2 Å². The van der Waals surface area contributed by atoms with Gasteiger partial charge in [0.1, 0.15) is 18.4 Å². The number of hydrogen-bond donors (Lipinski definition) is 3. The minimum atomic E-state index is -0.108. The van der Waals surface area contributed by atoms with Gasteiger partial charge in [0.15, 0.2) is 17.0 Å². The van der Waals surface area contributed by atoms with Crippen LogP contribution in [0.1, 0.15) is 84.3 Å². The minimum absolute atomic E-state index is 0.108. The van der Waals surface area contributed by atoms with Gasteiger partial charge in [-0.3, -0.25) is 20.2 Å². The Balaban J connectivity index is 1.02. The van der Waals surface area contributed by atoms with Crippen molar-refractivity contribution in [1.29, 1.82) is 0 Å². The zero-order valence-corrected chi connectivity index (χ0v) is 24.3. The number of aryl methyl sites for hydroxylation is 1. The van der Waals surface area contributed by atoms with Gasteiger partial charge < -0.3 is 9.72 Å². The molecule has 10 heteroatoms. The maximum absolute atomic E-state index is 9.33. The van der Waals surface area contributed by atoms with Gasteiger partial charge in [-0.2, -0.15) is 0 Å². The Morgan fingerprint density at radius 1 is 1.18 bits per heavy atom. The summed E-state index contributed by atoms with van der Waals surface area (Å²) in [6.45, 7) is 12.3. The number of hydrogen-bond acceptors (Lipinski definition) is 8. The van der Waals surface area contributed by atoms with Gasteiger partial charge in [-0.1, -0.05) is 26.8 Å². The highest BCUT2D eigenvalue weighted by molar-refractivity contribution is 5.82. The van der Waals surface area contributed by atoms with Crippen LogP contribution in [0.15, 0.2) is 30.9 Å². The second kappa shape index (κ2) is 10.7. The third-order valence-corrected chi connectivity index (χ3v) is 8.80. The lowest BCUT2D eigenvalue weighted by molar-refractivity contribution is -0.0393. The first-order chi connectivity index (χ1) is 19.2. The molecule has 40 heavy (non-hydrogen) atoms. The van der Waals surface area contributed by atoms with E-state index in [2.05, 4.69) is 83.1 Å². The Kier molecular flexibility index (Phi) is 7.27. The first-order valence-corrected chi connectivity index (χ1v) is 14.7. The van der Waals surface area contributed by atoms with Crippen LogP contribution >= 0.6 is 0 Å². The number of nitrogens with one attached hydrogen (secondary N) is 2. The number of aromatic nitrogens is 6.